The molecule has 9 heteroatoms. The first-order chi connectivity index (χ1) is 16.4. The van der Waals surface area contributed by atoms with Crippen LogP contribution in [0.5, 0.6) is 0 Å². The van der Waals surface area contributed by atoms with E-state index < -0.39 is 10.0 Å². The monoisotopic (exact) mass is 479 g/mol. The van der Waals surface area contributed by atoms with E-state index in [2.05, 4.69) is 15.4 Å². The van der Waals surface area contributed by atoms with Gasteiger partial charge in [0.15, 0.2) is 0 Å². The normalized spacial score (nSPS) is 15.6. The Morgan fingerprint density at radius 3 is 2.21 bits per heavy atom. The zero-order valence-corrected chi connectivity index (χ0v) is 19.2. The fourth-order valence-electron chi connectivity index (χ4n) is 3.54. The Balaban J connectivity index is 1.37. The van der Waals surface area contributed by atoms with Crippen LogP contribution in [-0.4, -0.2) is 39.5 Å². The van der Waals surface area contributed by atoms with E-state index >= 15 is 0 Å². The number of nitrogens with one attached hydrogen (secondary N) is 3. The molecule has 0 aliphatic carbocycles. The summed E-state index contributed by atoms with van der Waals surface area (Å²) in [4.78, 5) is 25.1. The molecule has 0 radical (unpaired) electrons. The predicted octanol–water partition coefficient (Wildman–Crippen LogP) is 3.65. The zero-order valence-electron chi connectivity index (χ0n) is 18.4. The van der Waals surface area contributed by atoms with Crippen LogP contribution >= 0.6 is 0 Å². The van der Waals surface area contributed by atoms with Gasteiger partial charge < -0.3 is 15.4 Å². The highest BCUT2D eigenvalue weighted by Gasteiger charge is 2.20. The molecule has 3 aromatic carbocycles. The van der Waals surface area contributed by atoms with Gasteiger partial charge in [0, 0.05) is 35.7 Å². The third-order valence-corrected chi connectivity index (χ3v) is 6.81. The second-order valence-electron chi connectivity index (χ2n) is 7.87. The molecule has 1 saturated heterocycles. The van der Waals surface area contributed by atoms with Gasteiger partial charge in [0.2, 0.25) is 10.0 Å². The minimum absolute atomic E-state index is 0.0958. The molecular weight excluding hydrogens is 454 g/mol. The molecule has 0 bridgehead atoms. The largest absolute Gasteiger partial charge is 0.377 e. The maximum Gasteiger partial charge on any atom is 0.255 e. The highest BCUT2D eigenvalue weighted by Crippen LogP contribution is 2.18. The number of hydrogen-bond acceptors (Lipinski definition) is 5. The van der Waals surface area contributed by atoms with Gasteiger partial charge in [-0.2, -0.15) is 0 Å². The van der Waals surface area contributed by atoms with Crippen LogP contribution < -0.4 is 15.4 Å². The van der Waals surface area contributed by atoms with E-state index in [1.807, 2.05) is 6.07 Å². The van der Waals surface area contributed by atoms with Gasteiger partial charge in [-0.1, -0.05) is 24.3 Å². The van der Waals surface area contributed by atoms with Gasteiger partial charge in [0.05, 0.1) is 11.0 Å². The summed E-state index contributed by atoms with van der Waals surface area (Å²) >= 11 is 0. The average molecular weight is 480 g/mol. The molecule has 1 atom stereocenters. The van der Waals surface area contributed by atoms with Crippen LogP contribution in [0.3, 0.4) is 0 Å². The van der Waals surface area contributed by atoms with Crippen molar-refractivity contribution in [2.24, 2.45) is 0 Å². The molecule has 1 aliphatic rings. The second-order valence-corrected chi connectivity index (χ2v) is 9.63. The minimum atomic E-state index is -3.67. The van der Waals surface area contributed by atoms with Gasteiger partial charge in [-0.05, 0) is 67.4 Å². The maximum absolute atomic E-state index is 12.7. The Morgan fingerprint density at radius 1 is 0.824 bits per heavy atom. The third-order valence-electron chi connectivity index (χ3n) is 5.37. The summed E-state index contributed by atoms with van der Waals surface area (Å²) < 4.78 is 33.0. The average Bonchev–Trinajstić information content (AvgIpc) is 3.38. The van der Waals surface area contributed by atoms with Gasteiger partial charge in [0.1, 0.15) is 0 Å². The standard InChI is InChI=1S/C25H25N3O5S/c29-24(18-6-2-1-3-7-18)28-21-9-4-8-19(16-21)25(30)27-20-11-13-23(14-12-20)34(31,32)26-17-22-10-5-15-33-22/h1-4,6-9,11-14,16,22,26H,5,10,15,17H2,(H,27,30)(H,28,29)/t22-/m1/s1. The lowest BCUT2D eigenvalue weighted by molar-refractivity contribution is 0.101. The van der Waals surface area contributed by atoms with Crippen molar-refractivity contribution in [1.82, 2.24) is 4.72 Å². The molecule has 4 rings (SSSR count). The van der Waals surface area contributed by atoms with Crippen molar-refractivity contribution in [2.75, 3.05) is 23.8 Å². The summed E-state index contributed by atoms with van der Waals surface area (Å²) in [5, 5.41) is 5.51. The van der Waals surface area contributed by atoms with Crippen LogP contribution in [0.25, 0.3) is 0 Å². The predicted molar refractivity (Wildman–Crippen MR) is 129 cm³/mol. The van der Waals surface area contributed by atoms with Crippen molar-refractivity contribution in [3.63, 3.8) is 0 Å². The SMILES string of the molecule is O=C(Nc1cccc(C(=O)Nc2ccc(S(=O)(=O)NC[C@H]3CCCO3)cc2)c1)c1ccccc1. The van der Waals surface area contributed by atoms with E-state index in [0.717, 1.165) is 12.8 Å². The number of rotatable bonds is 8. The molecule has 2 amide bonds. The van der Waals surface area contributed by atoms with E-state index in [1.165, 1.54) is 24.3 Å². The molecule has 0 spiro atoms. The third kappa shape index (κ3) is 6.07. The summed E-state index contributed by atoms with van der Waals surface area (Å²) in [7, 11) is -3.67. The molecule has 0 saturated carbocycles. The number of ether oxygens (including phenoxy) is 1. The first-order valence-electron chi connectivity index (χ1n) is 10.9. The Hall–Kier alpha value is -3.53. The topological polar surface area (TPSA) is 114 Å². The Kier molecular flexibility index (Phi) is 7.36. The summed E-state index contributed by atoms with van der Waals surface area (Å²) in [5.41, 5.74) is 1.79. The molecule has 8 nitrogen and oxygen atoms in total. The van der Waals surface area contributed by atoms with E-state index in [0.29, 0.717) is 29.1 Å². The Morgan fingerprint density at radius 2 is 1.50 bits per heavy atom. The smallest absolute Gasteiger partial charge is 0.255 e. The quantitative estimate of drug-likeness (QED) is 0.456. The number of amides is 2. The summed E-state index contributed by atoms with van der Waals surface area (Å²) in [5.74, 6) is -0.661. The molecule has 1 fully saturated rings. The maximum atomic E-state index is 12.7. The van der Waals surface area contributed by atoms with Crippen molar-refractivity contribution in [3.05, 3.63) is 90.0 Å². The molecule has 1 heterocycles. The Bertz CT molecular complexity index is 1260. The van der Waals surface area contributed by atoms with E-state index in [4.69, 9.17) is 4.74 Å². The van der Waals surface area contributed by atoms with Crippen LogP contribution in [0, 0.1) is 0 Å². The molecular formula is C25H25N3O5S. The first kappa shape index (κ1) is 23.6. The zero-order chi connectivity index (χ0) is 24.0. The highest BCUT2D eigenvalue weighted by molar-refractivity contribution is 7.89. The number of anilines is 2. The van der Waals surface area contributed by atoms with Crippen LogP contribution in [-0.2, 0) is 14.8 Å². The number of carbonyl (C=O) groups excluding carboxylic acids is 2. The summed E-state index contributed by atoms with van der Waals surface area (Å²) in [6.07, 6.45) is 1.68. The lowest BCUT2D eigenvalue weighted by atomic mass is 10.1. The van der Waals surface area contributed by atoms with Gasteiger partial charge >= 0.3 is 0 Å². The lowest BCUT2D eigenvalue weighted by Crippen LogP contribution is -2.31. The molecule has 1 aliphatic heterocycles. The fraction of sp³-hybridized carbons (Fsp3) is 0.200. The molecule has 34 heavy (non-hydrogen) atoms. The van der Waals surface area contributed by atoms with Crippen molar-refractivity contribution >= 4 is 33.2 Å². The summed E-state index contributed by atoms with van der Waals surface area (Å²) in [6, 6.07) is 21.3. The van der Waals surface area contributed by atoms with Crippen LogP contribution in [0.1, 0.15) is 33.6 Å². The van der Waals surface area contributed by atoms with Crippen molar-refractivity contribution in [1.29, 1.82) is 0 Å². The summed E-state index contributed by atoms with van der Waals surface area (Å²) in [6.45, 7) is 0.890. The van der Waals surface area contributed by atoms with Gasteiger partial charge in [-0.3, -0.25) is 9.59 Å². The van der Waals surface area contributed by atoms with Crippen LogP contribution in [0.15, 0.2) is 83.8 Å². The number of carbonyl (C=O) groups is 2. The van der Waals surface area contributed by atoms with Crippen molar-refractivity contribution in [3.8, 4) is 0 Å². The van der Waals surface area contributed by atoms with E-state index in [1.54, 1.807) is 48.5 Å². The Labute approximate surface area is 198 Å². The molecule has 3 N–H and O–H groups in total. The molecule has 3 aromatic rings. The fourth-order valence-corrected chi connectivity index (χ4v) is 4.61. The lowest BCUT2D eigenvalue weighted by Gasteiger charge is -2.12. The number of hydrogen-bond donors (Lipinski definition) is 3. The van der Waals surface area contributed by atoms with Gasteiger partial charge in [-0.15, -0.1) is 0 Å². The number of sulfonamides is 1. The molecule has 0 aromatic heterocycles. The van der Waals surface area contributed by atoms with Crippen molar-refractivity contribution < 1.29 is 22.7 Å². The molecule has 176 valence electrons. The first-order valence-corrected chi connectivity index (χ1v) is 12.4. The van der Waals surface area contributed by atoms with Crippen molar-refractivity contribution in [2.45, 2.75) is 23.8 Å². The van der Waals surface area contributed by atoms with Crippen LogP contribution in [0.2, 0.25) is 0 Å². The van der Waals surface area contributed by atoms with E-state index in [-0.39, 0.29) is 29.4 Å². The second kappa shape index (κ2) is 10.6. The van der Waals surface area contributed by atoms with Crippen LogP contribution in [0.4, 0.5) is 11.4 Å². The van der Waals surface area contributed by atoms with E-state index in [9.17, 15) is 18.0 Å². The van der Waals surface area contributed by atoms with Gasteiger partial charge in [0.25, 0.3) is 11.8 Å². The number of benzene rings is 3. The highest BCUT2D eigenvalue weighted by atomic mass is 32.2. The molecule has 0 unspecified atom stereocenters. The minimum Gasteiger partial charge on any atom is -0.377 e. The van der Waals surface area contributed by atoms with Gasteiger partial charge in [-0.25, -0.2) is 13.1 Å².